The summed E-state index contributed by atoms with van der Waals surface area (Å²) in [5, 5.41) is 57.1. The average molecular weight is 1120 g/mol. The van der Waals surface area contributed by atoms with Gasteiger partial charge in [-0.25, -0.2) is 0 Å². The molecule has 8 atom stereocenters. The maximum Gasteiger partial charge on any atom is 0.306 e. The lowest BCUT2D eigenvalue weighted by Gasteiger charge is -2.41. The van der Waals surface area contributed by atoms with Crippen molar-refractivity contribution >= 4 is 11.9 Å². The molecule has 1 saturated heterocycles. The van der Waals surface area contributed by atoms with Crippen molar-refractivity contribution < 1.29 is 49.3 Å². The number of allylic oxidation sites excluding steroid dienone is 5. The van der Waals surface area contributed by atoms with Crippen LogP contribution in [0.1, 0.15) is 323 Å². The number of esters is 1. The molecule has 1 aliphatic rings. The van der Waals surface area contributed by atoms with E-state index in [2.05, 4.69) is 50.4 Å². The minimum absolute atomic E-state index is 0.125. The Bertz CT molecular complexity index is 1420. The van der Waals surface area contributed by atoms with Gasteiger partial charge >= 0.3 is 5.97 Å². The Kier molecular flexibility index (Phi) is 53.4. The smallest absolute Gasteiger partial charge is 0.306 e. The molecule has 1 aliphatic heterocycles. The first-order chi connectivity index (χ1) is 38.7. The summed E-state index contributed by atoms with van der Waals surface area (Å²) in [4.78, 5) is 26.6. The van der Waals surface area contributed by atoms with Crippen LogP contribution in [0.15, 0.2) is 36.5 Å². The second-order valence-corrected chi connectivity index (χ2v) is 23.6. The number of rotatable bonds is 58. The molecule has 79 heavy (non-hydrogen) atoms. The predicted molar refractivity (Wildman–Crippen MR) is 329 cm³/mol. The minimum Gasteiger partial charge on any atom is -0.454 e. The molecule has 464 valence electrons. The summed E-state index contributed by atoms with van der Waals surface area (Å²) < 4.78 is 17.7. The summed E-state index contributed by atoms with van der Waals surface area (Å²) in [7, 11) is 0. The molecular weight excluding hydrogens is 991 g/mol. The van der Waals surface area contributed by atoms with E-state index in [1.807, 2.05) is 6.08 Å². The molecule has 1 fully saturated rings. The lowest BCUT2D eigenvalue weighted by Crippen LogP contribution is -2.61. The molecule has 0 aromatic carbocycles. The van der Waals surface area contributed by atoms with Crippen LogP contribution in [0.2, 0.25) is 0 Å². The van der Waals surface area contributed by atoms with Gasteiger partial charge in [0.25, 0.3) is 0 Å². The highest BCUT2D eigenvalue weighted by Crippen LogP contribution is 2.26. The average Bonchev–Trinajstić information content (AvgIpc) is 3.49. The summed E-state index contributed by atoms with van der Waals surface area (Å²) in [6, 6.07) is -1.02. The van der Waals surface area contributed by atoms with E-state index < -0.39 is 67.4 Å². The van der Waals surface area contributed by atoms with Crippen molar-refractivity contribution in [3.05, 3.63) is 36.5 Å². The van der Waals surface area contributed by atoms with Crippen molar-refractivity contribution in [2.75, 3.05) is 13.2 Å². The highest BCUT2D eigenvalue weighted by Gasteiger charge is 2.47. The maximum atomic E-state index is 13.4. The zero-order valence-electron chi connectivity index (χ0n) is 51.5. The van der Waals surface area contributed by atoms with Crippen molar-refractivity contribution in [3.8, 4) is 0 Å². The Morgan fingerprint density at radius 1 is 0.481 bits per heavy atom. The fourth-order valence-corrected chi connectivity index (χ4v) is 10.6. The summed E-state index contributed by atoms with van der Waals surface area (Å²) >= 11 is 0. The largest absolute Gasteiger partial charge is 0.454 e. The molecule has 6 N–H and O–H groups in total. The first-order valence-electron chi connectivity index (χ1n) is 33.8. The van der Waals surface area contributed by atoms with Crippen molar-refractivity contribution in [1.29, 1.82) is 0 Å². The molecule has 0 radical (unpaired) electrons. The Hall–Kier alpha value is -2.12. The molecule has 0 bridgehead atoms. The van der Waals surface area contributed by atoms with Gasteiger partial charge < -0.3 is 45.1 Å². The monoisotopic (exact) mass is 1120 g/mol. The van der Waals surface area contributed by atoms with E-state index in [1.165, 1.54) is 205 Å². The molecule has 8 unspecified atom stereocenters. The fraction of sp³-hybridized carbons (Fsp3) is 0.882. The topological polar surface area (TPSA) is 175 Å². The molecular formula is C68H127NO10. The molecule has 11 heteroatoms. The van der Waals surface area contributed by atoms with Gasteiger partial charge in [-0.1, -0.05) is 276 Å². The first-order valence-corrected chi connectivity index (χ1v) is 33.8. The van der Waals surface area contributed by atoms with Crippen LogP contribution in [-0.2, 0) is 23.8 Å². The number of aliphatic hydroxyl groups is 5. The molecule has 0 spiro atoms. The molecule has 11 nitrogen and oxygen atoms in total. The van der Waals surface area contributed by atoms with E-state index in [1.54, 1.807) is 6.08 Å². The number of unbranched alkanes of at least 4 members (excludes halogenated alkanes) is 40. The van der Waals surface area contributed by atoms with Crippen LogP contribution in [-0.4, -0.2) is 99.6 Å². The summed E-state index contributed by atoms with van der Waals surface area (Å²) in [5.41, 5.74) is 0. The second kappa shape index (κ2) is 56.4. The van der Waals surface area contributed by atoms with E-state index in [4.69, 9.17) is 14.2 Å². The van der Waals surface area contributed by atoms with Crippen molar-refractivity contribution in [1.82, 2.24) is 5.32 Å². The van der Waals surface area contributed by atoms with Crippen molar-refractivity contribution in [3.63, 3.8) is 0 Å². The van der Waals surface area contributed by atoms with Gasteiger partial charge in [0, 0.05) is 6.42 Å². The highest BCUT2D eigenvalue weighted by atomic mass is 16.7. The SMILES string of the molecule is CCCCCCCC/C=C/CCCCCCCCCCCCCC(=O)OC1C(OCC(NC(=O)C(O)CCCCCCCC/C=C/CCCCCCCC)C(O)/C=C/CCCCCCCCCCCCC)OC(CO)C(O)C1O. The number of amides is 1. The second-order valence-electron chi connectivity index (χ2n) is 23.6. The maximum absolute atomic E-state index is 13.4. The van der Waals surface area contributed by atoms with Gasteiger partial charge in [-0.15, -0.1) is 0 Å². The zero-order chi connectivity index (χ0) is 57.5. The normalized spacial score (nSPS) is 19.0. The van der Waals surface area contributed by atoms with Crippen LogP contribution in [0, 0.1) is 0 Å². The molecule has 1 amide bonds. The van der Waals surface area contributed by atoms with Gasteiger partial charge in [0.1, 0.15) is 24.4 Å². The molecule has 0 saturated carbocycles. The van der Waals surface area contributed by atoms with Gasteiger partial charge in [0.2, 0.25) is 5.91 Å². The van der Waals surface area contributed by atoms with Crippen LogP contribution in [0.3, 0.4) is 0 Å². The van der Waals surface area contributed by atoms with Crippen LogP contribution in [0.5, 0.6) is 0 Å². The Labute approximate surface area is 485 Å². The van der Waals surface area contributed by atoms with Crippen molar-refractivity contribution in [2.24, 2.45) is 0 Å². The predicted octanol–water partition coefficient (Wildman–Crippen LogP) is 16.6. The number of carbonyl (C=O) groups excluding carboxylic acids is 2. The molecule has 1 heterocycles. The van der Waals surface area contributed by atoms with E-state index in [-0.39, 0.29) is 19.4 Å². The van der Waals surface area contributed by atoms with E-state index >= 15 is 0 Å². The van der Waals surface area contributed by atoms with Crippen LogP contribution in [0.4, 0.5) is 0 Å². The quantitative estimate of drug-likeness (QED) is 0.0195. The third-order valence-corrected chi connectivity index (χ3v) is 16.0. The fourth-order valence-electron chi connectivity index (χ4n) is 10.6. The molecule has 1 rings (SSSR count). The third kappa shape index (κ3) is 44.1. The van der Waals surface area contributed by atoms with Crippen molar-refractivity contribution in [2.45, 2.75) is 372 Å². The summed E-state index contributed by atoms with van der Waals surface area (Å²) in [5.74, 6) is -1.19. The zero-order valence-corrected chi connectivity index (χ0v) is 51.5. The van der Waals surface area contributed by atoms with Gasteiger partial charge in [-0.2, -0.15) is 0 Å². The molecule has 0 aliphatic carbocycles. The minimum atomic E-state index is -1.61. The Balaban J connectivity index is 2.63. The van der Waals surface area contributed by atoms with E-state index in [9.17, 15) is 35.1 Å². The van der Waals surface area contributed by atoms with Crippen LogP contribution < -0.4 is 5.32 Å². The Morgan fingerprint density at radius 3 is 1.23 bits per heavy atom. The van der Waals surface area contributed by atoms with E-state index in [0.29, 0.717) is 12.8 Å². The van der Waals surface area contributed by atoms with Crippen LogP contribution >= 0.6 is 0 Å². The van der Waals surface area contributed by atoms with E-state index in [0.717, 1.165) is 70.6 Å². The molecule has 0 aromatic heterocycles. The standard InChI is InChI=1S/C68H127NO10/c1-4-7-10-13-16-19-22-25-27-29-30-31-32-33-35-38-41-44-47-50-53-56-63(73)79-66-65(75)64(74)62(57-70)78-68(66)77-58-59(60(71)54-51-48-45-42-39-36-24-21-18-15-12-9-6-3)69-67(76)61(72)55-52-49-46-43-40-37-34-28-26-23-20-17-14-11-8-5-2/h25-28,51,54,59-62,64-66,68,70-72,74-75H,4-24,29-50,52-53,55-58H2,1-3H3,(H,69,76)/b27-25+,28-26+,54-51+. The lowest BCUT2D eigenvalue weighted by atomic mass is 9.99. The van der Waals surface area contributed by atoms with Gasteiger partial charge in [0.15, 0.2) is 12.4 Å². The number of carbonyl (C=O) groups is 2. The summed E-state index contributed by atoms with van der Waals surface area (Å²) in [6.07, 6.45) is 57.5. The third-order valence-electron chi connectivity index (χ3n) is 16.0. The van der Waals surface area contributed by atoms with Crippen LogP contribution in [0.25, 0.3) is 0 Å². The number of nitrogens with one attached hydrogen (secondary N) is 1. The highest BCUT2D eigenvalue weighted by molar-refractivity contribution is 5.80. The van der Waals surface area contributed by atoms with Gasteiger partial charge in [-0.05, 0) is 77.0 Å². The number of ether oxygens (including phenoxy) is 3. The number of aliphatic hydroxyl groups excluding tert-OH is 5. The summed E-state index contributed by atoms with van der Waals surface area (Å²) in [6.45, 7) is 5.82. The number of hydrogen-bond acceptors (Lipinski definition) is 10. The number of hydrogen-bond donors (Lipinski definition) is 6. The molecule has 0 aromatic rings. The van der Waals surface area contributed by atoms with Gasteiger partial charge in [-0.3, -0.25) is 9.59 Å². The Morgan fingerprint density at radius 2 is 0.835 bits per heavy atom. The first kappa shape index (κ1) is 74.9. The van der Waals surface area contributed by atoms with Gasteiger partial charge in [0.05, 0.1) is 25.4 Å². The lowest BCUT2D eigenvalue weighted by molar-refractivity contribution is -0.305.